The van der Waals surface area contributed by atoms with Crippen molar-refractivity contribution in [3.8, 4) is 0 Å². The number of amides is 2. The number of aromatic nitrogens is 2. The van der Waals surface area contributed by atoms with Crippen LogP contribution in [0.2, 0.25) is 0 Å². The summed E-state index contributed by atoms with van der Waals surface area (Å²) < 4.78 is 18.1. The van der Waals surface area contributed by atoms with Crippen LogP contribution in [0.3, 0.4) is 0 Å². The summed E-state index contributed by atoms with van der Waals surface area (Å²) in [5, 5.41) is 0.931. The van der Waals surface area contributed by atoms with E-state index in [0.29, 0.717) is 12.5 Å². The highest BCUT2D eigenvalue weighted by atomic mass is 32.1. The third kappa shape index (κ3) is 2.92. The zero-order valence-corrected chi connectivity index (χ0v) is 15.9. The number of carbonyl (C=O) groups is 1. The number of hydrogen-bond donors (Lipinski definition) is 0. The molecule has 0 radical (unpaired) electrons. The van der Waals surface area contributed by atoms with Crippen molar-refractivity contribution in [2.75, 3.05) is 38.6 Å². The lowest BCUT2D eigenvalue weighted by Crippen LogP contribution is -2.41. The van der Waals surface area contributed by atoms with Gasteiger partial charge in [-0.05, 0) is 24.6 Å². The van der Waals surface area contributed by atoms with E-state index in [1.54, 1.807) is 31.1 Å². The van der Waals surface area contributed by atoms with Crippen molar-refractivity contribution in [2.24, 2.45) is 11.8 Å². The molecule has 3 heterocycles. The molecule has 0 saturated carbocycles. The van der Waals surface area contributed by atoms with Crippen molar-refractivity contribution in [2.45, 2.75) is 13.0 Å². The molecule has 138 valence electrons. The number of benzene rings is 1. The van der Waals surface area contributed by atoms with Gasteiger partial charge < -0.3 is 14.7 Å². The number of fused-ring (bicyclic) bond motifs is 1. The summed E-state index contributed by atoms with van der Waals surface area (Å²) in [5.74, 6) is 1.12. The van der Waals surface area contributed by atoms with Crippen LogP contribution in [0.15, 0.2) is 24.3 Å². The SMILES string of the molecule is Cc1nsc(N2C[C@@H]3CN(C(=O)N(C)C)[C@@H](c4cccc(F)c4)[C@@H]3C2)n1. The minimum Gasteiger partial charge on any atom is -0.346 e. The largest absolute Gasteiger partial charge is 0.346 e. The Labute approximate surface area is 156 Å². The molecule has 26 heavy (non-hydrogen) atoms. The minimum absolute atomic E-state index is 0.0213. The van der Waals surface area contributed by atoms with Gasteiger partial charge in [0, 0.05) is 57.1 Å². The normalized spacial score (nSPS) is 24.8. The first kappa shape index (κ1) is 17.2. The molecular weight excluding hydrogens is 353 g/mol. The number of hydrogen-bond acceptors (Lipinski definition) is 5. The smallest absolute Gasteiger partial charge is 0.320 e. The molecule has 0 bridgehead atoms. The Balaban J connectivity index is 1.65. The molecule has 0 N–H and O–H groups in total. The van der Waals surface area contributed by atoms with Gasteiger partial charge in [0.25, 0.3) is 0 Å². The van der Waals surface area contributed by atoms with Crippen molar-refractivity contribution in [1.29, 1.82) is 0 Å². The fourth-order valence-corrected chi connectivity index (χ4v) is 4.88. The molecule has 0 spiro atoms. The third-order valence-electron chi connectivity index (χ3n) is 5.27. The van der Waals surface area contributed by atoms with E-state index in [0.717, 1.165) is 29.6 Å². The van der Waals surface area contributed by atoms with Crippen molar-refractivity contribution in [3.63, 3.8) is 0 Å². The summed E-state index contributed by atoms with van der Waals surface area (Å²) in [7, 11) is 3.52. The predicted octanol–water partition coefficient (Wildman–Crippen LogP) is 2.78. The maximum absolute atomic E-state index is 13.9. The number of likely N-dealkylation sites (tertiary alicyclic amines) is 1. The highest BCUT2D eigenvalue weighted by Crippen LogP contribution is 2.46. The van der Waals surface area contributed by atoms with Gasteiger partial charge in [-0.15, -0.1) is 0 Å². The number of halogens is 1. The molecule has 1 aromatic carbocycles. The molecule has 1 aromatic heterocycles. The summed E-state index contributed by atoms with van der Waals surface area (Å²) in [5.41, 5.74) is 0.864. The number of aryl methyl sites for hydroxylation is 1. The van der Waals surface area contributed by atoms with Crippen LogP contribution < -0.4 is 4.90 Å². The van der Waals surface area contributed by atoms with E-state index in [1.807, 2.05) is 17.9 Å². The molecule has 2 saturated heterocycles. The van der Waals surface area contributed by atoms with Crippen LogP contribution in [0.4, 0.5) is 14.3 Å². The number of nitrogens with zero attached hydrogens (tertiary/aromatic N) is 5. The molecule has 2 aliphatic heterocycles. The first-order valence-electron chi connectivity index (χ1n) is 8.72. The molecule has 2 aromatic rings. The van der Waals surface area contributed by atoms with E-state index < -0.39 is 0 Å². The molecule has 8 heteroatoms. The quantitative estimate of drug-likeness (QED) is 0.810. The van der Waals surface area contributed by atoms with Crippen molar-refractivity contribution in [3.05, 3.63) is 41.5 Å². The Morgan fingerprint density at radius 2 is 2.12 bits per heavy atom. The number of urea groups is 1. The summed E-state index contributed by atoms with van der Waals surface area (Å²) in [4.78, 5) is 23.0. The summed E-state index contributed by atoms with van der Waals surface area (Å²) in [6.45, 7) is 4.22. The van der Waals surface area contributed by atoms with Gasteiger partial charge in [0.05, 0.1) is 6.04 Å². The second-order valence-corrected chi connectivity index (χ2v) is 8.01. The lowest BCUT2D eigenvalue weighted by atomic mass is 9.89. The van der Waals surface area contributed by atoms with E-state index in [1.165, 1.54) is 17.6 Å². The van der Waals surface area contributed by atoms with E-state index in [9.17, 15) is 9.18 Å². The second kappa shape index (κ2) is 6.50. The molecule has 2 amide bonds. The Morgan fingerprint density at radius 3 is 2.77 bits per heavy atom. The van der Waals surface area contributed by atoms with Gasteiger partial charge >= 0.3 is 6.03 Å². The van der Waals surface area contributed by atoms with Crippen LogP contribution in [0.5, 0.6) is 0 Å². The first-order chi connectivity index (χ1) is 12.4. The van der Waals surface area contributed by atoms with E-state index in [2.05, 4.69) is 14.3 Å². The average molecular weight is 375 g/mol. The third-order valence-corrected chi connectivity index (χ3v) is 6.14. The highest BCUT2D eigenvalue weighted by Gasteiger charge is 2.50. The van der Waals surface area contributed by atoms with Crippen LogP contribution in [-0.2, 0) is 0 Å². The lowest BCUT2D eigenvalue weighted by Gasteiger charge is -2.31. The zero-order chi connectivity index (χ0) is 18.4. The number of carbonyl (C=O) groups excluding carboxylic acids is 1. The van der Waals surface area contributed by atoms with Crippen LogP contribution in [-0.4, -0.2) is 58.9 Å². The molecule has 6 nitrogen and oxygen atoms in total. The van der Waals surface area contributed by atoms with E-state index in [4.69, 9.17) is 0 Å². The topological polar surface area (TPSA) is 52.6 Å². The van der Waals surface area contributed by atoms with Crippen LogP contribution in [0, 0.1) is 24.6 Å². The van der Waals surface area contributed by atoms with E-state index in [-0.39, 0.29) is 23.8 Å². The fraction of sp³-hybridized carbons (Fsp3) is 0.500. The summed E-state index contributed by atoms with van der Waals surface area (Å²) >= 11 is 1.41. The minimum atomic E-state index is -0.266. The summed E-state index contributed by atoms with van der Waals surface area (Å²) in [6, 6.07) is 6.50. The van der Waals surface area contributed by atoms with Gasteiger partial charge in [0.1, 0.15) is 11.6 Å². The van der Waals surface area contributed by atoms with Crippen LogP contribution in [0.25, 0.3) is 0 Å². The Hall–Kier alpha value is -2.22. The lowest BCUT2D eigenvalue weighted by molar-refractivity contribution is 0.159. The number of anilines is 1. The van der Waals surface area contributed by atoms with Crippen molar-refractivity contribution in [1.82, 2.24) is 19.2 Å². The molecular formula is C18H22FN5OS. The van der Waals surface area contributed by atoms with Crippen molar-refractivity contribution >= 4 is 22.7 Å². The van der Waals surface area contributed by atoms with Gasteiger partial charge in [-0.2, -0.15) is 4.37 Å². The molecule has 2 aliphatic rings. The maximum Gasteiger partial charge on any atom is 0.320 e. The molecule has 4 rings (SSSR count). The average Bonchev–Trinajstić information content (AvgIpc) is 3.27. The molecule has 3 atom stereocenters. The fourth-order valence-electron chi connectivity index (χ4n) is 4.19. The van der Waals surface area contributed by atoms with E-state index >= 15 is 0 Å². The van der Waals surface area contributed by atoms with Gasteiger partial charge in [-0.3, -0.25) is 0 Å². The number of rotatable bonds is 2. The Bertz CT molecular complexity index is 825. The van der Waals surface area contributed by atoms with Crippen molar-refractivity contribution < 1.29 is 9.18 Å². The standard InChI is InChI=1S/C18H22FN5OS/c1-11-20-17(26-21-11)23-8-13-9-24(18(25)22(2)3)16(15(13)10-23)12-5-4-6-14(19)7-12/h4-7,13,15-16H,8-10H2,1-3H3/t13-,15-,16+/m1/s1. The van der Waals surface area contributed by atoms with Gasteiger partial charge in [0.15, 0.2) is 0 Å². The zero-order valence-electron chi connectivity index (χ0n) is 15.1. The monoisotopic (exact) mass is 375 g/mol. The Kier molecular flexibility index (Phi) is 4.30. The predicted molar refractivity (Wildman–Crippen MR) is 98.8 cm³/mol. The molecule has 0 aliphatic carbocycles. The van der Waals surface area contributed by atoms with Crippen LogP contribution >= 0.6 is 11.5 Å². The first-order valence-corrected chi connectivity index (χ1v) is 9.50. The molecule has 0 unspecified atom stereocenters. The molecule has 2 fully saturated rings. The highest BCUT2D eigenvalue weighted by molar-refractivity contribution is 7.09. The second-order valence-electron chi connectivity index (χ2n) is 7.28. The Morgan fingerprint density at radius 1 is 1.31 bits per heavy atom. The van der Waals surface area contributed by atoms with Gasteiger partial charge in [0.2, 0.25) is 5.13 Å². The van der Waals surface area contributed by atoms with Crippen LogP contribution in [0.1, 0.15) is 17.4 Å². The maximum atomic E-state index is 13.9. The van der Waals surface area contributed by atoms with Gasteiger partial charge in [-0.1, -0.05) is 12.1 Å². The summed E-state index contributed by atoms with van der Waals surface area (Å²) in [6.07, 6.45) is 0. The van der Waals surface area contributed by atoms with Gasteiger partial charge in [-0.25, -0.2) is 14.2 Å².